The molecule has 0 saturated heterocycles. The molecule has 0 fully saturated rings. The average molecular weight is 513 g/mol. The molecule has 0 radical (unpaired) electrons. The molecule has 4 heteroatoms. The van der Waals surface area contributed by atoms with Gasteiger partial charge in [0.1, 0.15) is 18.1 Å². The predicted octanol–water partition coefficient (Wildman–Crippen LogP) is 7.52. The standard InChI is InChI=1S/C30H25BrO3/c1-33-29-17-15-23(14-16-28(32)24-11-7-12-27(31)20-24)19-26(29)21-34-30-13-6-5-10-25(30)18-22-8-3-2-4-9-22/h2-17,19-20H,18,21H2,1H3/b16-14+. The molecule has 4 aromatic rings. The Kier molecular flexibility index (Phi) is 7.95. The van der Waals surface area contributed by atoms with Gasteiger partial charge in [-0.05, 0) is 53.1 Å². The lowest BCUT2D eigenvalue weighted by Crippen LogP contribution is -2.02. The van der Waals surface area contributed by atoms with Crippen LogP contribution < -0.4 is 9.47 Å². The third-order valence-electron chi connectivity index (χ3n) is 5.43. The number of hydrogen-bond acceptors (Lipinski definition) is 3. The SMILES string of the molecule is COc1ccc(/C=C/C(=O)c2cccc(Br)c2)cc1COc1ccccc1Cc1ccccc1. The van der Waals surface area contributed by atoms with Crippen LogP contribution in [0.1, 0.15) is 32.6 Å². The van der Waals surface area contributed by atoms with Gasteiger partial charge in [-0.15, -0.1) is 0 Å². The number of benzene rings is 4. The Morgan fingerprint density at radius 3 is 2.41 bits per heavy atom. The fourth-order valence-electron chi connectivity index (χ4n) is 3.69. The number of halogens is 1. The van der Waals surface area contributed by atoms with Crippen molar-refractivity contribution >= 4 is 27.8 Å². The van der Waals surface area contributed by atoms with Gasteiger partial charge in [-0.2, -0.15) is 0 Å². The maximum absolute atomic E-state index is 12.5. The highest BCUT2D eigenvalue weighted by atomic mass is 79.9. The molecule has 0 aliphatic carbocycles. The Balaban J connectivity index is 1.49. The van der Waals surface area contributed by atoms with Gasteiger partial charge in [0.15, 0.2) is 5.78 Å². The molecular formula is C30H25BrO3. The summed E-state index contributed by atoms with van der Waals surface area (Å²) in [5.41, 5.74) is 4.81. The molecule has 4 rings (SSSR count). The summed E-state index contributed by atoms with van der Waals surface area (Å²) in [7, 11) is 1.65. The first-order chi connectivity index (χ1) is 16.6. The van der Waals surface area contributed by atoms with E-state index in [1.165, 1.54) is 5.56 Å². The first-order valence-corrected chi connectivity index (χ1v) is 11.8. The van der Waals surface area contributed by atoms with Gasteiger partial charge in [0, 0.05) is 22.0 Å². The number of carbonyl (C=O) groups excluding carboxylic acids is 1. The summed E-state index contributed by atoms with van der Waals surface area (Å²) in [6.45, 7) is 0.357. The second-order valence-corrected chi connectivity index (χ2v) is 8.75. The fourth-order valence-corrected chi connectivity index (χ4v) is 4.09. The molecule has 0 spiro atoms. The van der Waals surface area contributed by atoms with Gasteiger partial charge >= 0.3 is 0 Å². The van der Waals surface area contributed by atoms with Crippen LogP contribution in [-0.2, 0) is 13.0 Å². The van der Waals surface area contributed by atoms with Crippen LogP contribution in [0.2, 0.25) is 0 Å². The highest BCUT2D eigenvalue weighted by Crippen LogP contribution is 2.26. The van der Waals surface area contributed by atoms with Crippen molar-refractivity contribution in [1.82, 2.24) is 0 Å². The molecular weight excluding hydrogens is 488 g/mol. The van der Waals surface area contributed by atoms with Gasteiger partial charge < -0.3 is 9.47 Å². The summed E-state index contributed by atoms with van der Waals surface area (Å²) in [6.07, 6.45) is 4.20. The van der Waals surface area contributed by atoms with Crippen molar-refractivity contribution in [1.29, 1.82) is 0 Å². The lowest BCUT2D eigenvalue weighted by atomic mass is 10.0. The van der Waals surface area contributed by atoms with E-state index in [2.05, 4.69) is 34.1 Å². The smallest absolute Gasteiger partial charge is 0.185 e. The Bertz CT molecular complexity index is 1300. The zero-order valence-corrected chi connectivity index (χ0v) is 20.5. The number of hydrogen-bond donors (Lipinski definition) is 0. The first kappa shape index (κ1) is 23.5. The fraction of sp³-hybridized carbons (Fsp3) is 0.100. The van der Waals surface area contributed by atoms with Crippen LogP contribution >= 0.6 is 15.9 Å². The molecule has 0 aliphatic heterocycles. The van der Waals surface area contributed by atoms with E-state index in [4.69, 9.17) is 9.47 Å². The summed E-state index contributed by atoms with van der Waals surface area (Å²) in [4.78, 5) is 12.5. The molecule has 4 aromatic carbocycles. The van der Waals surface area contributed by atoms with E-state index < -0.39 is 0 Å². The molecule has 0 aromatic heterocycles. The largest absolute Gasteiger partial charge is 0.496 e. The Morgan fingerprint density at radius 2 is 1.62 bits per heavy atom. The van der Waals surface area contributed by atoms with Crippen molar-refractivity contribution in [3.63, 3.8) is 0 Å². The van der Waals surface area contributed by atoms with Gasteiger partial charge in [-0.1, -0.05) is 88.7 Å². The molecule has 170 valence electrons. The topological polar surface area (TPSA) is 35.5 Å². The van der Waals surface area contributed by atoms with Crippen molar-refractivity contribution in [2.75, 3.05) is 7.11 Å². The number of rotatable bonds is 9. The minimum absolute atomic E-state index is 0.0512. The van der Waals surface area contributed by atoms with Crippen LogP contribution in [0.5, 0.6) is 11.5 Å². The molecule has 0 amide bonds. The zero-order valence-electron chi connectivity index (χ0n) is 18.9. The number of ether oxygens (including phenoxy) is 2. The highest BCUT2D eigenvalue weighted by molar-refractivity contribution is 9.10. The maximum atomic E-state index is 12.5. The van der Waals surface area contributed by atoms with Crippen LogP contribution in [0.4, 0.5) is 0 Å². The van der Waals surface area contributed by atoms with Crippen molar-refractivity contribution in [3.05, 3.63) is 135 Å². The minimum atomic E-state index is -0.0512. The molecule has 0 N–H and O–H groups in total. The number of carbonyl (C=O) groups is 1. The summed E-state index contributed by atoms with van der Waals surface area (Å²) < 4.78 is 12.6. The lowest BCUT2D eigenvalue weighted by molar-refractivity contribution is 0.104. The van der Waals surface area contributed by atoms with E-state index in [0.29, 0.717) is 12.2 Å². The van der Waals surface area contributed by atoms with Crippen LogP contribution in [-0.4, -0.2) is 12.9 Å². The normalized spacial score (nSPS) is 10.9. The van der Waals surface area contributed by atoms with E-state index in [1.54, 1.807) is 19.3 Å². The van der Waals surface area contributed by atoms with Crippen molar-refractivity contribution in [3.8, 4) is 11.5 Å². The second-order valence-electron chi connectivity index (χ2n) is 7.84. The molecule has 0 unspecified atom stereocenters. The van der Waals surface area contributed by atoms with Crippen molar-refractivity contribution < 1.29 is 14.3 Å². The number of methoxy groups -OCH3 is 1. The van der Waals surface area contributed by atoms with E-state index in [1.807, 2.05) is 78.9 Å². The minimum Gasteiger partial charge on any atom is -0.496 e. The number of allylic oxidation sites excluding steroid dienone is 1. The second kappa shape index (κ2) is 11.5. The van der Waals surface area contributed by atoms with Crippen molar-refractivity contribution in [2.24, 2.45) is 0 Å². The van der Waals surface area contributed by atoms with E-state index >= 15 is 0 Å². The van der Waals surface area contributed by atoms with Gasteiger partial charge in [0.2, 0.25) is 0 Å². The Labute approximate surface area is 208 Å². The van der Waals surface area contributed by atoms with E-state index in [9.17, 15) is 4.79 Å². The third-order valence-corrected chi connectivity index (χ3v) is 5.93. The lowest BCUT2D eigenvalue weighted by Gasteiger charge is -2.14. The first-order valence-electron chi connectivity index (χ1n) is 11.0. The monoisotopic (exact) mass is 512 g/mol. The molecule has 0 aliphatic rings. The molecule has 3 nitrogen and oxygen atoms in total. The van der Waals surface area contributed by atoms with Crippen LogP contribution in [0, 0.1) is 0 Å². The van der Waals surface area contributed by atoms with Gasteiger partial charge in [-0.25, -0.2) is 0 Å². The molecule has 34 heavy (non-hydrogen) atoms. The van der Waals surface area contributed by atoms with E-state index in [0.717, 1.165) is 39.1 Å². The van der Waals surface area contributed by atoms with Crippen LogP contribution in [0.15, 0.2) is 108 Å². The summed E-state index contributed by atoms with van der Waals surface area (Å²) >= 11 is 3.41. The molecule has 0 bridgehead atoms. The van der Waals surface area contributed by atoms with Gasteiger partial charge in [-0.3, -0.25) is 4.79 Å². The third kappa shape index (κ3) is 6.24. The highest BCUT2D eigenvalue weighted by Gasteiger charge is 2.09. The molecule has 0 saturated carbocycles. The zero-order chi connectivity index (χ0) is 23.8. The van der Waals surface area contributed by atoms with Crippen LogP contribution in [0.3, 0.4) is 0 Å². The maximum Gasteiger partial charge on any atom is 0.185 e. The van der Waals surface area contributed by atoms with Crippen molar-refractivity contribution in [2.45, 2.75) is 13.0 Å². The summed E-state index contributed by atoms with van der Waals surface area (Å²) in [6, 6.07) is 31.6. The molecule has 0 atom stereocenters. The number of ketones is 1. The Morgan fingerprint density at radius 1 is 0.824 bits per heavy atom. The summed E-state index contributed by atoms with van der Waals surface area (Å²) in [5, 5.41) is 0. The van der Waals surface area contributed by atoms with Gasteiger partial charge in [0.05, 0.1) is 7.11 Å². The predicted molar refractivity (Wildman–Crippen MR) is 141 cm³/mol. The molecule has 0 heterocycles. The average Bonchev–Trinajstić information content (AvgIpc) is 2.87. The number of para-hydroxylation sites is 1. The van der Waals surface area contributed by atoms with E-state index in [-0.39, 0.29) is 5.78 Å². The Hall–Kier alpha value is -3.63. The van der Waals surface area contributed by atoms with Crippen LogP contribution in [0.25, 0.3) is 6.08 Å². The quantitative estimate of drug-likeness (QED) is 0.172. The summed E-state index contributed by atoms with van der Waals surface area (Å²) in [5.74, 6) is 1.54. The van der Waals surface area contributed by atoms with Gasteiger partial charge in [0.25, 0.3) is 0 Å².